The minimum atomic E-state index is -0.300. The molecule has 1 aromatic rings. The Morgan fingerprint density at radius 1 is 1.64 bits per heavy atom. The van der Waals surface area contributed by atoms with Crippen LogP contribution in [-0.4, -0.2) is 29.2 Å². The van der Waals surface area contributed by atoms with Crippen LogP contribution in [0.2, 0.25) is 0 Å². The summed E-state index contributed by atoms with van der Waals surface area (Å²) in [4.78, 5) is 17.8. The van der Waals surface area contributed by atoms with Crippen molar-refractivity contribution in [3.63, 3.8) is 0 Å². The first-order chi connectivity index (χ1) is 6.75. The van der Waals surface area contributed by atoms with Crippen LogP contribution in [0.5, 0.6) is 5.88 Å². The highest BCUT2D eigenvalue weighted by Gasteiger charge is 2.17. The number of nitrogens with one attached hydrogen (secondary N) is 2. The summed E-state index contributed by atoms with van der Waals surface area (Å²) in [5, 5.41) is 3.15. The first kappa shape index (κ1) is 9.67. The lowest BCUT2D eigenvalue weighted by Crippen LogP contribution is -2.24. The number of H-pyrrole nitrogens is 1. The Labute approximate surface area is 89.0 Å². The maximum absolute atomic E-state index is 11.3. The van der Waals surface area contributed by atoms with Crippen molar-refractivity contribution in [3.8, 4) is 5.88 Å². The second-order valence-electron chi connectivity index (χ2n) is 3.10. The van der Waals surface area contributed by atoms with Gasteiger partial charge in [0.1, 0.15) is 10.7 Å². The Hall–Kier alpha value is -0.880. The van der Waals surface area contributed by atoms with E-state index in [0.717, 1.165) is 19.5 Å². The number of ether oxygens (including phenoxy) is 1. The summed E-state index contributed by atoms with van der Waals surface area (Å²) in [5.41, 5.74) is -0.300. The highest BCUT2D eigenvalue weighted by molar-refractivity contribution is 9.10. The van der Waals surface area contributed by atoms with Gasteiger partial charge in [-0.15, -0.1) is 0 Å². The zero-order valence-corrected chi connectivity index (χ0v) is 9.00. The Kier molecular flexibility index (Phi) is 2.83. The van der Waals surface area contributed by atoms with Gasteiger partial charge >= 0.3 is 5.56 Å². The zero-order valence-electron chi connectivity index (χ0n) is 7.42. The van der Waals surface area contributed by atoms with E-state index in [2.05, 4.69) is 31.2 Å². The number of halogens is 1. The van der Waals surface area contributed by atoms with Crippen LogP contribution < -0.4 is 15.6 Å². The second-order valence-corrected chi connectivity index (χ2v) is 3.95. The summed E-state index contributed by atoms with van der Waals surface area (Å²) in [6.45, 7) is 1.70. The van der Waals surface area contributed by atoms with Gasteiger partial charge < -0.3 is 15.0 Å². The Morgan fingerprint density at radius 2 is 2.50 bits per heavy atom. The van der Waals surface area contributed by atoms with Gasteiger partial charge in [-0.2, -0.15) is 0 Å². The molecule has 1 atom stereocenters. The van der Waals surface area contributed by atoms with Crippen molar-refractivity contribution in [2.45, 2.75) is 12.5 Å². The molecule has 1 fully saturated rings. The number of aromatic nitrogens is 2. The topological polar surface area (TPSA) is 67.0 Å². The SMILES string of the molecule is O=c1[nH]c(Br)cnc1OC1CCNC1. The fourth-order valence-corrected chi connectivity index (χ4v) is 1.62. The molecule has 1 aliphatic rings. The molecule has 0 amide bonds. The molecule has 2 heterocycles. The summed E-state index contributed by atoms with van der Waals surface area (Å²) in [6, 6.07) is 0. The summed E-state index contributed by atoms with van der Waals surface area (Å²) in [6.07, 6.45) is 2.49. The normalized spacial score (nSPS) is 21.1. The lowest BCUT2D eigenvalue weighted by Gasteiger charge is -2.09. The van der Waals surface area contributed by atoms with Crippen LogP contribution in [0.4, 0.5) is 0 Å². The van der Waals surface area contributed by atoms with Gasteiger partial charge in [0.05, 0.1) is 6.20 Å². The third kappa shape index (κ3) is 2.13. The van der Waals surface area contributed by atoms with Gasteiger partial charge in [-0.05, 0) is 28.9 Å². The first-order valence-corrected chi connectivity index (χ1v) is 5.17. The summed E-state index contributed by atoms with van der Waals surface area (Å²) < 4.78 is 5.98. The standard InChI is InChI=1S/C8H10BrN3O2/c9-6-4-11-8(7(13)12-6)14-5-1-2-10-3-5/h4-5,10H,1-3H2,(H,12,13). The molecule has 1 unspecified atom stereocenters. The fraction of sp³-hybridized carbons (Fsp3) is 0.500. The smallest absolute Gasteiger partial charge is 0.311 e. The van der Waals surface area contributed by atoms with E-state index in [1.807, 2.05) is 0 Å². The molecule has 14 heavy (non-hydrogen) atoms. The Balaban J connectivity index is 2.12. The van der Waals surface area contributed by atoms with Crippen LogP contribution >= 0.6 is 15.9 Å². The predicted molar refractivity (Wildman–Crippen MR) is 54.5 cm³/mol. The third-order valence-corrected chi connectivity index (χ3v) is 2.42. The second kappa shape index (κ2) is 4.10. The molecule has 0 spiro atoms. The third-order valence-electron chi connectivity index (χ3n) is 2.02. The molecular weight excluding hydrogens is 250 g/mol. The summed E-state index contributed by atoms with van der Waals surface area (Å²) >= 11 is 3.12. The molecule has 0 aromatic carbocycles. The van der Waals surface area contributed by atoms with Crippen molar-refractivity contribution in [2.24, 2.45) is 0 Å². The molecule has 1 aromatic heterocycles. The van der Waals surface area contributed by atoms with Crippen molar-refractivity contribution in [1.82, 2.24) is 15.3 Å². The predicted octanol–water partition coefficient (Wildman–Crippen LogP) is 0.273. The zero-order chi connectivity index (χ0) is 9.97. The van der Waals surface area contributed by atoms with Crippen LogP contribution in [0.25, 0.3) is 0 Å². The summed E-state index contributed by atoms with van der Waals surface area (Å²) in [7, 11) is 0. The quantitative estimate of drug-likeness (QED) is 0.801. The molecule has 0 saturated carbocycles. The van der Waals surface area contributed by atoms with Crippen molar-refractivity contribution < 1.29 is 4.74 Å². The van der Waals surface area contributed by atoms with Gasteiger partial charge in [0.15, 0.2) is 0 Å². The van der Waals surface area contributed by atoms with Gasteiger partial charge in [-0.3, -0.25) is 4.79 Å². The average molecular weight is 260 g/mol. The van der Waals surface area contributed by atoms with Gasteiger partial charge in [0.25, 0.3) is 5.88 Å². The van der Waals surface area contributed by atoms with Gasteiger partial charge in [-0.25, -0.2) is 4.98 Å². The van der Waals surface area contributed by atoms with E-state index in [4.69, 9.17) is 4.74 Å². The largest absolute Gasteiger partial charge is 0.469 e. The van der Waals surface area contributed by atoms with Crippen LogP contribution in [-0.2, 0) is 0 Å². The van der Waals surface area contributed by atoms with Gasteiger partial charge in [-0.1, -0.05) is 0 Å². The van der Waals surface area contributed by atoms with Crippen molar-refractivity contribution in [1.29, 1.82) is 0 Å². The van der Waals surface area contributed by atoms with Crippen LogP contribution in [0.1, 0.15) is 6.42 Å². The molecule has 0 bridgehead atoms. The molecule has 0 aliphatic carbocycles. The van der Waals surface area contributed by atoms with E-state index in [1.54, 1.807) is 0 Å². The minimum absolute atomic E-state index is 0.0600. The van der Waals surface area contributed by atoms with E-state index >= 15 is 0 Å². The lowest BCUT2D eigenvalue weighted by molar-refractivity contribution is 0.210. The number of aromatic amines is 1. The van der Waals surface area contributed by atoms with E-state index < -0.39 is 0 Å². The average Bonchev–Trinajstić information content (AvgIpc) is 2.62. The molecule has 2 N–H and O–H groups in total. The van der Waals surface area contributed by atoms with Gasteiger partial charge in [0.2, 0.25) is 0 Å². The van der Waals surface area contributed by atoms with E-state index in [9.17, 15) is 4.79 Å². The van der Waals surface area contributed by atoms with Crippen LogP contribution in [0.3, 0.4) is 0 Å². The highest BCUT2D eigenvalue weighted by Crippen LogP contribution is 2.08. The summed E-state index contributed by atoms with van der Waals surface area (Å²) in [5.74, 6) is 0.141. The molecule has 1 aliphatic heterocycles. The van der Waals surface area contributed by atoms with Crippen molar-refractivity contribution >= 4 is 15.9 Å². The number of hydrogen-bond donors (Lipinski definition) is 2. The number of hydrogen-bond acceptors (Lipinski definition) is 4. The van der Waals surface area contributed by atoms with E-state index in [0.29, 0.717) is 4.60 Å². The minimum Gasteiger partial charge on any atom is -0.469 e. The monoisotopic (exact) mass is 259 g/mol. The maximum atomic E-state index is 11.3. The fourth-order valence-electron chi connectivity index (χ4n) is 1.34. The highest BCUT2D eigenvalue weighted by atomic mass is 79.9. The maximum Gasteiger partial charge on any atom is 0.311 e. The van der Waals surface area contributed by atoms with Crippen LogP contribution in [0, 0.1) is 0 Å². The number of nitrogens with zero attached hydrogens (tertiary/aromatic N) is 1. The molecule has 0 radical (unpaired) electrons. The van der Waals surface area contributed by atoms with Crippen molar-refractivity contribution in [2.75, 3.05) is 13.1 Å². The van der Waals surface area contributed by atoms with E-state index in [-0.39, 0.29) is 17.5 Å². The molecular formula is C8H10BrN3O2. The number of rotatable bonds is 2. The molecule has 6 heteroatoms. The lowest BCUT2D eigenvalue weighted by atomic mass is 10.3. The van der Waals surface area contributed by atoms with E-state index in [1.165, 1.54) is 6.20 Å². The molecule has 76 valence electrons. The molecule has 2 rings (SSSR count). The molecule has 5 nitrogen and oxygen atoms in total. The Bertz CT molecular complexity index is 373. The van der Waals surface area contributed by atoms with Gasteiger partial charge in [0, 0.05) is 6.54 Å². The first-order valence-electron chi connectivity index (χ1n) is 4.38. The van der Waals surface area contributed by atoms with Crippen LogP contribution in [0.15, 0.2) is 15.6 Å². The van der Waals surface area contributed by atoms with Crippen molar-refractivity contribution in [3.05, 3.63) is 21.2 Å². The Morgan fingerprint density at radius 3 is 3.14 bits per heavy atom. The molecule has 1 saturated heterocycles.